The van der Waals surface area contributed by atoms with Crippen molar-refractivity contribution in [1.29, 1.82) is 0 Å². The molecule has 1 aliphatic heterocycles. The third-order valence-corrected chi connectivity index (χ3v) is 4.54. The Morgan fingerprint density at radius 1 is 0.889 bits per heavy atom. The van der Waals surface area contributed by atoms with E-state index in [0.29, 0.717) is 5.69 Å². The van der Waals surface area contributed by atoms with Crippen molar-refractivity contribution in [2.75, 3.05) is 10.6 Å². The fraction of sp³-hybridized carbons (Fsp3) is 0.0417. The largest absolute Gasteiger partial charge is 0.399 e. The fourth-order valence-electron chi connectivity index (χ4n) is 3.28. The van der Waals surface area contributed by atoms with Crippen LogP contribution in [0.1, 0.15) is 11.1 Å². The molecule has 2 N–H and O–H groups in total. The van der Waals surface area contributed by atoms with E-state index in [-0.39, 0.29) is 0 Å². The number of hydrogen-bond acceptors (Lipinski definition) is 3. The number of nitrogen functional groups attached to an aromatic ring is 1. The Bertz CT molecular complexity index is 1030. The van der Waals surface area contributed by atoms with E-state index in [1.165, 1.54) is 11.1 Å². The lowest BCUT2D eigenvalue weighted by molar-refractivity contribution is 1.16. The maximum atomic E-state index is 5.97. The maximum Gasteiger partial charge on any atom is 0.0890 e. The average Bonchev–Trinajstić information content (AvgIpc) is 2.67. The predicted molar refractivity (Wildman–Crippen MR) is 115 cm³/mol. The Kier molecular flexibility index (Phi) is 4.58. The molecule has 0 spiro atoms. The molecule has 1 aliphatic rings. The zero-order valence-electron chi connectivity index (χ0n) is 15.0. The highest BCUT2D eigenvalue weighted by Crippen LogP contribution is 2.39. The van der Waals surface area contributed by atoms with E-state index in [0.717, 1.165) is 29.2 Å². The highest BCUT2D eigenvalue weighted by molar-refractivity contribution is 5.87. The van der Waals surface area contributed by atoms with E-state index in [9.17, 15) is 0 Å². The van der Waals surface area contributed by atoms with Gasteiger partial charge >= 0.3 is 0 Å². The number of allylic oxidation sites excluding steroid dienone is 2. The van der Waals surface area contributed by atoms with Crippen molar-refractivity contribution >= 4 is 29.0 Å². The number of aliphatic imine (C=N–C) groups is 1. The van der Waals surface area contributed by atoms with Crippen LogP contribution in [0.5, 0.6) is 0 Å². The topological polar surface area (TPSA) is 41.6 Å². The molecule has 3 aromatic carbocycles. The monoisotopic (exact) mass is 351 g/mol. The summed E-state index contributed by atoms with van der Waals surface area (Å²) >= 11 is 0. The summed E-state index contributed by atoms with van der Waals surface area (Å²) in [5, 5.41) is 0. The van der Waals surface area contributed by atoms with Crippen LogP contribution in [0.3, 0.4) is 0 Å². The van der Waals surface area contributed by atoms with E-state index in [4.69, 9.17) is 5.73 Å². The highest BCUT2D eigenvalue weighted by Gasteiger charge is 2.17. The average molecular weight is 351 g/mol. The second-order valence-corrected chi connectivity index (χ2v) is 6.54. The van der Waals surface area contributed by atoms with Crippen LogP contribution < -0.4 is 10.6 Å². The van der Waals surface area contributed by atoms with Crippen molar-refractivity contribution in [3.8, 4) is 0 Å². The Labute approximate surface area is 159 Å². The molecule has 0 saturated heterocycles. The minimum absolute atomic E-state index is 0.693. The van der Waals surface area contributed by atoms with Crippen molar-refractivity contribution in [3.05, 3.63) is 108 Å². The first-order valence-electron chi connectivity index (χ1n) is 8.93. The molecule has 3 heteroatoms. The second-order valence-electron chi connectivity index (χ2n) is 6.54. The van der Waals surface area contributed by atoms with Crippen molar-refractivity contribution in [1.82, 2.24) is 0 Å². The zero-order valence-corrected chi connectivity index (χ0v) is 15.0. The molecular formula is C24H21N3. The zero-order chi connectivity index (χ0) is 18.6. The standard InChI is InChI=1S/C24H21N3/c1-18-7-6-14-26-23-17-21(25)12-13-24(23)27(18)22-11-5-10-20(16-22)15-19-8-3-2-4-9-19/h2-14,16-17H,1,15,25H2/b7-6-,26-14?. The van der Waals surface area contributed by atoms with Gasteiger partial charge in [0.05, 0.1) is 11.4 Å². The first-order chi connectivity index (χ1) is 13.2. The number of fused-ring (bicyclic) bond motifs is 1. The minimum Gasteiger partial charge on any atom is -0.399 e. The van der Waals surface area contributed by atoms with Crippen LogP contribution in [0.25, 0.3) is 0 Å². The van der Waals surface area contributed by atoms with Crippen molar-refractivity contribution in [2.24, 2.45) is 4.99 Å². The van der Waals surface area contributed by atoms with Crippen molar-refractivity contribution < 1.29 is 0 Å². The number of nitrogens with two attached hydrogens (primary N) is 1. The summed E-state index contributed by atoms with van der Waals surface area (Å²) in [4.78, 5) is 6.65. The van der Waals surface area contributed by atoms with Gasteiger partial charge in [0.2, 0.25) is 0 Å². The van der Waals surface area contributed by atoms with Gasteiger partial charge in [0.1, 0.15) is 0 Å². The molecule has 27 heavy (non-hydrogen) atoms. The quantitative estimate of drug-likeness (QED) is 0.607. The van der Waals surface area contributed by atoms with Gasteiger partial charge in [0.15, 0.2) is 0 Å². The van der Waals surface area contributed by atoms with E-state index in [1.54, 1.807) is 6.21 Å². The number of nitrogens with zero attached hydrogens (tertiary/aromatic N) is 2. The number of rotatable bonds is 3. The highest BCUT2D eigenvalue weighted by atomic mass is 15.2. The molecule has 3 nitrogen and oxygen atoms in total. The third kappa shape index (κ3) is 3.67. The molecule has 0 radical (unpaired) electrons. The molecule has 0 bridgehead atoms. The van der Waals surface area contributed by atoms with Gasteiger partial charge in [-0.05, 0) is 60.0 Å². The smallest absolute Gasteiger partial charge is 0.0890 e. The van der Waals surface area contributed by atoms with Gasteiger partial charge in [0.25, 0.3) is 0 Å². The summed E-state index contributed by atoms with van der Waals surface area (Å²) in [6.07, 6.45) is 6.52. The van der Waals surface area contributed by atoms with Crippen LogP contribution >= 0.6 is 0 Å². The van der Waals surface area contributed by atoms with Gasteiger partial charge in [-0.2, -0.15) is 0 Å². The Balaban J connectivity index is 1.76. The Morgan fingerprint density at radius 3 is 2.56 bits per heavy atom. The van der Waals surface area contributed by atoms with E-state index in [2.05, 4.69) is 65.0 Å². The molecule has 1 heterocycles. The summed E-state index contributed by atoms with van der Waals surface area (Å²) in [5.74, 6) is 0. The van der Waals surface area contributed by atoms with Gasteiger partial charge < -0.3 is 10.6 Å². The minimum atomic E-state index is 0.693. The lowest BCUT2D eigenvalue weighted by atomic mass is 10.0. The van der Waals surface area contributed by atoms with Gasteiger partial charge in [-0.3, -0.25) is 4.99 Å². The molecule has 0 saturated carbocycles. The van der Waals surface area contributed by atoms with Gasteiger partial charge in [-0.15, -0.1) is 0 Å². The van der Waals surface area contributed by atoms with Crippen LogP contribution in [0.15, 0.2) is 102 Å². The van der Waals surface area contributed by atoms with Gasteiger partial charge in [0, 0.05) is 23.3 Å². The van der Waals surface area contributed by atoms with Crippen LogP contribution in [-0.4, -0.2) is 6.21 Å². The molecule has 4 rings (SSSR count). The number of hydrogen-bond donors (Lipinski definition) is 1. The molecule has 0 aromatic heterocycles. The van der Waals surface area contributed by atoms with E-state index < -0.39 is 0 Å². The van der Waals surface area contributed by atoms with Gasteiger partial charge in [-0.25, -0.2) is 0 Å². The summed E-state index contributed by atoms with van der Waals surface area (Å²) < 4.78 is 0. The van der Waals surface area contributed by atoms with Crippen LogP contribution in [0.4, 0.5) is 22.7 Å². The first kappa shape index (κ1) is 16.9. The molecule has 132 valence electrons. The summed E-state index contributed by atoms with van der Waals surface area (Å²) in [6.45, 7) is 4.25. The molecule has 0 atom stereocenters. The number of benzene rings is 3. The third-order valence-electron chi connectivity index (χ3n) is 4.54. The van der Waals surface area contributed by atoms with Gasteiger partial charge in [-0.1, -0.05) is 49.0 Å². The van der Waals surface area contributed by atoms with Crippen molar-refractivity contribution in [2.45, 2.75) is 6.42 Å². The summed E-state index contributed by atoms with van der Waals surface area (Å²) in [6, 6.07) is 24.8. The maximum absolute atomic E-state index is 5.97. The van der Waals surface area contributed by atoms with E-state index in [1.807, 2.05) is 36.4 Å². The first-order valence-corrected chi connectivity index (χ1v) is 8.93. The van der Waals surface area contributed by atoms with E-state index >= 15 is 0 Å². The normalized spacial score (nSPS) is 14.4. The second kappa shape index (κ2) is 7.34. The Morgan fingerprint density at radius 2 is 1.70 bits per heavy atom. The molecule has 0 unspecified atom stereocenters. The lowest BCUT2D eigenvalue weighted by Crippen LogP contribution is -2.15. The summed E-state index contributed by atoms with van der Waals surface area (Å²) in [7, 11) is 0. The molecular weight excluding hydrogens is 330 g/mol. The number of anilines is 3. The predicted octanol–water partition coefficient (Wildman–Crippen LogP) is 5.78. The molecule has 0 amide bonds. The SMILES string of the molecule is C=C1/C=C\C=Nc2cc(N)ccc2N1c1cccc(Cc2ccccc2)c1. The Hall–Kier alpha value is -3.59. The molecule has 0 aliphatic carbocycles. The van der Waals surface area contributed by atoms with Crippen LogP contribution in [-0.2, 0) is 6.42 Å². The molecule has 3 aromatic rings. The fourth-order valence-corrected chi connectivity index (χ4v) is 3.28. The summed E-state index contributed by atoms with van der Waals surface area (Å²) in [5.41, 5.74) is 12.9. The van der Waals surface area contributed by atoms with Crippen molar-refractivity contribution in [3.63, 3.8) is 0 Å². The van der Waals surface area contributed by atoms with Crippen LogP contribution in [0.2, 0.25) is 0 Å². The molecule has 0 fully saturated rings. The van der Waals surface area contributed by atoms with Crippen LogP contribution in [0, 0.1) is 0 Å². The lowest BCUT2D eigenvalue weighted by Gasteiger charge is -2.28.